The van der Waals surface area contributed by atoms with E-state index in [1.165, 1.54) is 11.3 Å². The Morgan fingerprint density at radius 2 is 2.19 bits per heavy atom. The van der Waals surface area contributed by atoms with Crippen LogP contribution in [0.2, 0.25) is 5.02 Å². The van der Waals surface area contributed by atoms with Crippen LogP contribution < -0.4 is 5.32 Å². The fourth-order valence-corrected chi connectivity index (χ4v) is 2.98. The number of aromatic hydroxyl groups is 1. The van der Waals surface area contributed by atoms with E-state index in [9.17, 15) is 5.11 Å². The zero-order valence-electron chi connectivity index (χ0n) is 11.8. The Morgan fingerprint density at radius 1 is 1.33 bits per heavy atom. The molecular formula is C14H18ClN3O2S. The molecule has 0 aliphatic carbocycles. The van der Waals surface area contributed by atoms with E-state index in [2.05, 4.69) is 15.5 Å². The maximum atomic E-state index is 9.53. The molecule has 0 bridgehead atoms. The van der Waals surface area contributed by atoms with Crippen molar-refractivity contribution in [2.45, 2.75) is 12.8 Å². The van der Waals surface area contributed by atoms with Crippen molar-refractivity contribution in [3.63, 3.8) is 0 Å². The number of rotatable bonds is 8. The average molecular weight is 328 g/mol. The molecule has 2 N–H and O–H groups in total. The Labute approximate surface area is 132 Å². The van der Waals surface area contributed by atoms with Gasteiger partial charge in [0.2, 0.25) is 0 Å². The number of phenolic OH excluding ortho intramolecular Hbond substituents is 1. The summed E-state index contributed by atoms with van der Waals surface area (Å²) in [4.78, 5) is 0. The van der Waals surface area contributed by atoms with Gasteiger partial charge in [0.05, 0.1) is 11.6 Å². The molecule has 0 aliphatic heterocycles. The molecule has 0 amide bonds. The summed E-state index contributed by atoms with van der Waals surface area (Å²) in [5, 5.41) is 23.4. The molecule has 21 heavy (non-hydrogen) atoms. The van der Waals surface area contributed by atoms with E-state index in [0.29, 0.717) is 5.02 Å². The van der Waals surface area contributed by atoms with Crippen molar-refractivity contribution >= 4 is 22.9 Å². The summed E-state index contributed by atoms with van der Waals surface area (Å²) >= 11 is 7.63. The van der Waals surface area contributed by atoms with Gasteiger partial charge < -0.3 is 15.2 Å². The number of nitrogens with one attached hydrogen (secondary N) is 1. The quantitative estimate of drug-likeness (QED) is 0.730. The van der Waals surface area contributed by atoms with Crippen LogP contribution in [0.4, 0.5) is 0 Å². The molecule has 114 valence electrons. The predicted molar refractivity (Wildman–Crippen MR) is 85.1 cm³/mol. The van der Waals surface area contributed by atoms with Gasteiger partial charge in [-0.2, -0.15) is 0 Å². The van der Waals surface area contributed by atoms with Crippen LogP contribution in [0.15, 0.2) is 18.2 Å². The molecule has 0 saturated heterocycles. The number of hydrogen-bond acceptors (Lipinski definition) is 6. The maximum Gasteiger partial charge on any atom is 0.149 e. The first kappa shape index (κ1) is 16.2. The molecule has 0 fully saturated rings. The maximum absolute atomic E-state index is 9.53. The lowest BCUT2D eigenvalue weighted by Crippen LogP contribution is -2.20. The molecule has 0 aliphatic rings. The Kier molecular flexibility index (Phi) is 6.38. The van der Waals surface area contributed by atoms with Gasteiger partial charge in [0, 0.05) is 25.6 Å². The fraction of sp³-hybridized carbons (Fsp3) is 0.429. The molecule has 0 atom stereocenters. The smallest absolute Gasteiger partial charge is 0.149 e. The highest BCUT2D eigenvalue weighted by molar-refractivity contribution is 7.14. The van der Waals surface area contributed by atoms with Crippen LogP contribution in [0, 0.1) is 0 Å². The van der Waals surface area contributed by atoms with Crippen LogP contribution in [-0.2, 0) is 11.2 Å². The largest absolute Gasteiger partial charge is 0.508 e. The fourth-order valence-electron chi connectivity index (χ4n) is 1.80. The van der Waals surface area contributed by atoms with Gasteiger partial charge in [-0.05, 0) is 31.2 Å². The number of aromatic nitrogens is 2. The monoisotopic (exact) mass is 327 g/mol. The number of nitrogens with zero attached hydrogens (tertiary/aromatic N) is 2. The summed E-state index contributed by atoms with van der Waals surface area (Å²) in [6.45, 7) is 2.50. The van der Waals surface area contributed by atoms with Crippen molar-refractivity contribution < 1.29 is 9.84 Å². The van der Waals surface area contributed by atoms with Crippen LogP contribution in [-0.4, -0.2) is 42.1 Å². The predicted octanol–water partition coefficient (Wildman–Crippen LogP) is 2.73. The molecule has 0 radical (unpaired) electrons. The molecule has 1 heterocycles. The number of aryl methyl sites for hydroxylation is 1. The van der Waals surface area contributed by atoms with E-state index in [4.69, 9.17) is 16.3 Å². The normalized spacial score (nSPS) is 11.0. The molecule has 7 heteroatoms. The summed E-state index contributed by atoms with van der Waals surface area (Å²) in [5.41, 5.74) is 0.721. The minimum atomic E-state index is 0.175. The number of methoxy groups -OCH3 is 1. The molecule has 1 aromatic heterocycles. The summed E-state index contributed by atoms with van der Waals surface area (Å²) in [6.07, 6.45) is 1.86. The molecule has 5 nitrogen and oxygen atoms in total. The highest BCUT2D eigenvalue weighted by Gasteiger charge is 2.11. The molecule has 0 saturated carbocycles. The minimum Gasteiger partial charge on any atom is -0.508 e. The lowest BCUT2D eigenvalue weighted by molar-refractivity contribution is 0.199. The van der Waals surface area contributed by atoms with Gasteiger partial charge in [-0.3, -0.25) is 0 Å². The van der Waals surface area contributed by atoms with Crippen molar-refractivity contribution in [2.24, 2.45) is 0 Å². The first-order chi connectivity index (χ1) is 10.2. The van der Waals surface area contributed by atoms with E-state index in [-0.39, 0.29) is 5.75 Å². The average Bonchev–Trinajstić information content (AvgIpc) is 2.94. The first-order valence-electron chi connectivity index (χ1n) is 6.71. The molecular weight excluding hydrogens is 310 g/mol. The van der Waals surface area contributed by atoms with Crippen LogP contribution >= 0.6 is 22.9 Å². The van der Waals surface area contributed by atoms with Gasteiger partial charge >= 0.3 is 0 Å². The van der Waals surface area contributed by atoms with Gasteiger partial charge in [0.15, 0.2) is 0 Å². The van der Waals surface area contributed by atoms with E-state index < -0.39 is 0 Å². The number of ether oxygens (including phenoxy) is 1. The topological polar surface area (TPSA) is 67.3 Å². The van der Waals surface area contributed by atoms with Crippen molar-refractivity contribution in [1.29, 1.82) is 0 Å². The summed E-state index contributed by atoms with van der Waals surface area (Å²) in [5.74, 6) is 0.175. The lowest BCUT2D eigenvalue weighted by Gasteiger charge is -2.02. The van der Waals surface area contributed by atoms with Gasteiger partial charge in [-0.1, -0.05) is 22.9 Å². The summed E-state index contributed by atoms with van der Waals surface area (Å²) in [7, 11) is 1.69. The third-order valence-electron chi connectivity index (χ3n) is 2.87. The van der Waals surface area contributed by atoms with E-state index >= 15 is 0 Å². The Balaban J connectivity index is 1.88. The number of benzene rings is 1. The van der Waals surface area contributed by atoms with Crippen molar-refractivity contribution in [3.8, 4) is 16.3 Å². The van der Waals surface area contributed by atoms with Gasteiger partial charge in [0.1, 0.15) is 15.8 Å². The molecule has 1 aromatic carbocycles. The number of halogens is 1. The van der Waals surface area contributed by atoms with E-state index in [1.807, 2.05) is 0 Å². The van der Waals surface area contributed by atoms with Crippen molar-refractivity contribution in [1.82, 2.24) is 15.5 Å². The highest BCUT2D eigenvalue weighted by atomic mass is 35.5. The molecule has 0 spiro atoms. The van der Waals surface area contributed by atoms with Crippen LogP contribution in [0.3, 0.4) is 0 Å². The van der Waals surface area contributed by atoms with Gasteiger partial charge in [0.25, 0.3) is 0 Å². The van der Waals surface area contributed by atoms with Gasteiger partial charge in [-0.25, -0.2) is 0 Å². The first-order valence-corrected chi connectivity index (χ1v) is 7.91. The molecule has 2 aromatic rings. The third kappa shape index (κ3) is 4.93. The Bertz CT molecular complexity index is 577. The van der Waals surface area contributed by atoms with Gasteiger partial charge in [-0.15, -0.1) is 10.2 Å². The number of hydrogen-bond donors (Lipinski definition) is 2. The van der Waals surface area contributed by atoms with Crippen molar-refractivity contribution in [2.75, 3.05) is 26.8 Å². The molecule has 2 rings (SSSR count). The van der Waals surface area contributed by atoms with Crippen molar-refractivity contribution in [3.05, 3.63) is 28.2 Å². The summed E-state index contributed by atoms with van der Waals surface area (Å²) in [6, 6.07) is 4.82. The SMILES string of the molecule is COCCNCCCc1nnc(-c2cc(O)ccc2Cl)s1. The second kappa shape index (κ2) is 8.29. The second-order valence-corrected chi connectivity index (χ2v) is 5.98. The van der Waals surface area contributed by atoms with Crippen LogP contribution in [0.1, 0.15) is 11.4 Å². The minimum absolute atomic E-state index is 0.175. The van der Waals surface area contributed by atoms with E-state index in [1.54, 1.807) is 25.3 Å². The van der Waals surface area contributed by atoms with E-state index in [0.717, 1.165) is 48.1 Å². The lowest BCUT2D eigenvalue weighted by atomic mass is 10.2. The summed E-state index contributed by atoms with van der Waals surface area (Å²) < 4.78 is 4.96. The number of phenols is 1. The molecule has 0 unspecified atom stereocenters. The Morgan fingerprint density at radius 3 is 3.00 bits per heavy atom. The highest BCUT2D eigenvalue weighted by Crippen LogP contribution is 2.33. The zero-order chi connectivity index (χ0) is 15.1. The second-order valence-electron chi connectivity index (χ2n) is 4.51. The zero-order valence-corrected chi connectivity index (χ0v) is 13.4. The van der Waals surface area contributed by atoms with Crippen LogP contribution in [0.25, 0.3) is 10.6 Å². The third-order valence-corrected chi connectivity index (χ3v) is 4.22. The Hall–Kier alpha value is -1.21. The standard InChI is InChI=1S/C14H18ClN3O2S/c1-20-8-7-16-6-2-3-13-17-18-14(21-13)11-9-10(19)4-5-12(11)15/h4-5,9,16,19H,2-3,6-8H2,1H3. The van der Waals surface area contributed by atoms with Crippen LogP contribution in [0.5, 0.6) is 5.75 Å².